The molecule has 2 unspecified atom stereocenters. The van der Waals surface area contributed by atoms with Crippen molar-refractivity contribution in [3.63, 3.8) is 0 Å². The van der Waals surface area contributed by atoms with Crippen LogP contribution in [0.1, 0.15) is 27.2 Å². The van der Waals surface area contributed by atoms with Gasteiger partial charge in [-0.1, -0.05) is 6.92 Å². The van der Waals surface area contributed by atoms with Gasteiger partial charge in [0.1, 0.15) is 0 Å². The molecule has 0 saturated carbocycles. The smallest absolute Gasteiger partial charge is 0.158 e. The van der Waals surface area contributed by atoms with Crippen LogP contribution in [0.25, 0.3) is 0 Å². The van der Waals surface area contributed by atoms with Crippen molar-refractivity contribution in [2.75, 3.05) is 47.9 Å². The molecule has 19 heavy (non-hydrogen) atoms. The Morgan fingerprint density at radius 2 is 1.74 bits per heavy atom. The van der Waals surface area contributed by atoms with E-state index < -0.39 is 0 Å². The summed E-state index contributed by atoms with van der Waals surface area (Å²) < 4.78 is 10.7. The van der Waals surface area contributed by atoms with Gasteiger partial charge in [0.15, 0.2) is 6.29 Å². The second-order valence-electron chi connectivity index (χ2n) is 5.70. The van der Waals surface area contributed by atoms with E-state index >= 15 is 0 Å². The van der Waals surface area contributed by atoms with Crippen molar-refractivity contribution in [3.05, 3.63) is 0 Å². The molecule has 116 valence electrons. The third-order valence-corrected chi connectivity index (χ3v) is 3.77. The maximum Gasteiger partial charge on any atom is 0.158 e. The molecule has 0 aromatic heterocycles. The highest BCUT2D eigenvalue weighted by atomic mass is 16.7. The van der Waals surface area contributed by atoms with Crippen LogP contribution in [-0.2, 0) is 9.47 Å². The first-order valence-electron chi connectivity index (χ1n) is 7.01. The van der Waals surface area contributed by atoms with Gasteiger partial charge < -0.3 is 20.1 Å². The van der Waals surface area contributed by atoms with Gasteiger partial charge in [0.2, 0.25) is 0 Å². The summed E-state index contributed by atoms with van der Waals surface area (Å²) in [6, 6.07) is 0.433. The molecule has 2 N–H and O–H groups in total. The maximum absolute atomic E-state index is 6.04. The second-order valence-corrected chi connectivity index (χ2v) is 5.70. The van der Waals surface area contributed by atoms with Gasteiger partial charge >= 0.3 is 0 Å². The van der Waals surface area contributed by atoms with E-state index in [-0.39, 0.29) is 11.8 Å². The minimum atomic E-state index is -0.214. The molecule has 0 aromatic rings. The first-order chi connectivity index (χ1) is 8.84. The van der Waals surface area contributed by atoms with Gasteiger partial charge in [-0.15, -0.1) is 0 Å². The molecule has 0 bridgehead atoms. The Hall–Kier alpha value is -0.200. The molecule has 0 saturated heterocycles. The van der Waals surface area contributed by atoms with Crippen LogP contribution >= 0.6 is 0 Å². The predicted molar refractivity (Wildman–Crippen MR) is 80.3 cm³/mol. The molecule has 5 nitrogen and oxygen atoms in total. The number of hydrogen-bond acceptors (Lipinski definition) is 5. The van der Waals surface area contributed by atoms with Gasteiger partial charge in [0.25, 0.3) is 0 Å². The van der Waals surface area contributed by atoms with Crippen LogP contribution in [0.3, 0.4) is 0 Å². The van der Waals surface area contributed by atoms with Crippen LogP contribution in [0.2, 0.25) is 0 Å². The van der Waals surface area contributed by atoms with E-state index in [1.807, 2.05) is 0 Å². The third kappa shape index (κ3) is 5.75. The molecular weight excluding hydrogens is 242 g/mol. The fourth-order valence-electron chi connectivity index (χ4n) is 2.79. The Labute approximate surface area is 119 Å². The number of nitrogens with zero attached hydrogens (tertiary/aromatic N) is 2. The van der Waals surface area contributed by atoms with Crippen molar-refractivity contribution in [2.45, 2.75) is 45.1 Å². The Morgan fingerprint density at radius 1 is 1.21 bits per heavy atom. The second kappa shape index (κ2) is 8.87. The molecule has 0 aliphatic rings. The molecule has 5 heteroatoms. The van der Waals surface area contributed by atoms with Gasteiger partial charge in [-0.3, -0.25) is 4.90 Å². The molecular formula is C14H33N3O2. The van der Waals surface area contributed by atoms with Crippen molar-refractivity contribution in [1.29, 1.82) is 0 Å². The zero-order chi connectivity index (χ0) is 15.1. The van der Waals surface area contributed by atoms with Crippen molar-refractivity contribution in [2.24, 2.45) is 5.73 Å². The minimum absolute atomic E-state index is 0.124. The van der Waals surface area contributed by atoms with Gasteiger partial charge in [-0.05, 0) is 34.5 Å². The SMILES string of the molecule is CCN(C(C)CN(C)C)C(C)(CN)CC(OC)OC. The first-order valence-corrected chi connectivity index (χ1v) is 7.01. The van der Waals surface area contributed by atoms with Gasteiger partial charge in [-0.2, -0.15) is 0 Å². The third-order valence-electron chi connectivity index (χ3n) is 3.77. The monoisotopic (exact) mass is 275 g/mol. The summed E-state index contributed by atoms with van der Waals surface area (Å²) in [6.07, 6.45) is 0.552. The highest BCUT2D eigenvalue weighted by Gasteiger charge is 2.35. The van der Waals surface area contributed by atoms with Crippen LogP contribution in [0.5, 0.6) is 0 Å². The summed E-state index contributed by atoms with van der Waals surface area (Å²) in [5.74, 6) is 0. The van der Waals surface area contributed by atoms with E-state index in [1.54, 1.807) is 14.2 Å². The molecule has 0 aromatic carbocycles. The maximum atomic E-state index is 6.04. The molecule has 0 spiro atoms. The largest absolute Gasteiger partial charge is 0.356 e. The lowest BCUT2D eigenvalue weighted by Gasteiger charge is -2.45. The van der Waals surface area contributed by atoms with E-state index in [9.17, 15) is 0 Å². The Bertz CT molecular complexity index is 235. The molecule has 0 aliphatic heterocycles. The molecule has 2 atom stereocenters. The lowest BCUT2D eigenvalue weighted by atomic mass is 9.93. The van der Waals surface area contributed by atoms with E-state index in [2.05, 4.69) is 44.7 Å². The molecule has 0 radical (unpaired) electrons. The van der Waals surface area contributed by atoms with Crippen molar-refractivity contribution in [3.8, 4) is 0 Å². The summed E-state index contributed by atoms with van der Waals surface area (Å²) in [5, 5.41) is 0. The molecule has 0 rings (SSSR count). The van der Waals surface area contributed by atoms with Gasteiger partial charge in [-0.25, -0.2) is 0 Å². The van der Waals surface area contributed by atoms with E-state index in [0.717, 1.165) is 19.5 Å². The zero-order valence-corrected chi connectivity index (χ0v) is 13.8. The number of hydrogen-bond donors (Lipinski definition) is 1. The number of nitrogens with two attached hydrogens (primary N) is 1. The zero-order valence-electron chi connectivity index (χ0n) is 13.8. The lowest BCUT2D eigenvalue weighted by Crippen LogP contribution is -2.58. The van der Waals surface area contributed by atoms with Crippen LogP contribution in [0, 0.1) is 0 Å². The van der Waals surface area contributed by atoms with Crippen molar-refractivity contribution < 1.29 is 9.47 Å². The van der Waals surface area contributed by atoms with E-state index in [4.69, 9.17) is 15.2 Å². The number of rotatable bonds is 10. The van der Waals surface area contributed by atoms with Crippen LogP contribution in [-0.4, -0.2) is 75.6 Å². The minimum Gasteiger partial charge on any atom is -0.356 e. The molecule has 0 amide bonds. The standard InChI is InChI=1S/C14H33N3O2/c1-8-17(12(2)10-16(4)5)14(3,11-15)9-13(18-6)19-7/h12-13H,8-11,15H2,1-7H3. The Balaban J connectivity index is 4.91. The topological polar surface area (TPSA) is 51.0 Å². The average molecular weight is 275 g/mol. The molecule has 0 heterocycles. The highest BCUT2D eigenvalue weighted by molar-refractivity contribution is 4.91. The number of ether oxygens (including phenoxy) is 2. The van der Waals surface area contributed by atoms with Crippen molar-refractivity contribution in [1.82, 2.24) is 9.80 Å². The lowest BCUT2D eigenvalue weighted by molar-refractivity contribution is -0.131. The summed E-state index contributed by atoms with van der Waals surface area (Å²) in [7, 11) is 7.53. The molecule has 0 fully saturated rings. The first kappa shape index (κ1) is 18.8. The Morgan fingerprint density at radius 3 is 2.05 bits per heavy atom. The van der Waals surface area contributed by atoms with Gasteiger partial charge in [0, 0.05) is 45.3 Å². The van der Waals surface area contributed by atoms with Crippen LogP contribution < -0.4 is 5.73 Å². The summed E-state index contributed by atoms with van der Waals surface area (Å²) >= 11 is 0. The summed E-state index contributed by atoms with van der Waals surface area (Å²) in [5.41, 5.74) is 5.92. The van der Waals surface area contributed by atoms with E-state index in [1.165, 1.54) is 0 Å². The van der Waals surface area contributed by atoms with E-state index in [0.29, 0.717) is 12.6 Å². The van der Waals surface area contributed by atoms with Crippen LogP contribution in [0.15, 0.2) is 0 Å². The van der Waals surface area contributed by atoms with Crippen LogP contribution in [0.4, 0.5) is 0 Å². The predicted octanol–water partition coefficient (Wildman–Crippen LogP) is 0.985. The number of methoxy groups -OCH3 is 2. The summed E-state index contributed by atoms with van der Waals surface area (Å²) in [4.78, 5) is 4.65. The molecule has 0 aliphatic carbocycles. The fourth-order valence-corrected chi connectivity index (χ4v) is 2.79. The average Bonchev–Trinajstić information content (AvgIpc) is 2.35. The highest BCUT2D eigenvalue weighted by Crippen LogP contribution is 2.24. The van der Waals surface area contributed by atoms with Gasteiger partial charge in [0.05, 0.1) is 0 Å². The summed E-state index contributed by atoms with van der Waals surface area (Å²) in [6.45, 7) is 9.16. The van der Waals surface area contributed by atoms with Crippen molar-refractivity contribution >= 4 is 0 Å². The fraction of sp³-hybridized carbons (Fsp3) is 1.00. The Kier molecular flexibility index (Phi) is 8.78. The normalized spacial score (nSPS) is 17.2. The quantitative estimate of drug-likeness (QED) is 0.603. The number of likely N-dealkylation sites (N-methyl/N-ethyl adjacent to an activating group) is 2.